The number of rotatable bonds is 5. The van der Waals surface area contributed by atoms with Gasteiger partial charge >= 0.3 is 0 Å². The van der Waals surface area contributed by atoms with Crippen LogP contribution in [-0.2, 0) is 4.79 Å². The molecule has 100 valence electrons. The van der Waals surface area contributed by atoms with Gasteiger partial charge < -0.3 is 9.80 Å². The summed E-state index contributed by atoms with van der Waals surface area (Å²) in [6.45, 7) is 5.68. The number of carbonyl (C=O) groups is 1. The van der Waals surface area contributed by atoms with E-state index in [1.165, 1.54) is 0 Å². The number of halogens is 2. The molecule has 0 aliphatic carbocycles. The third-order valence-electron chi connectivity index (χ3n) is 2.64. The highest BCUT2D eigenvalue weighted by atomic mass is 79.9. The van der Waals surface area contributed by atoms with Crippen LogP contribution in [0, 0.1) is 0 Å². The molecule has 0 saturated carbocycles. The van der Waals surface area contributed by atoms with Gasteiger partial charge in [0.1, 0.15) is 5.82 Å². The number of likely N-dealkylation sites (N-methyl/N-ethyl adjacent to an activating group) is 2. The van der Waals surface area contributed by atoms with Crippen LogP contribution in [0.3, 0.4) is 0 Å². The summed E-state index contributed by atoms with van der Waals surface area (Å²) in [7, 11) is 1.84. The quantitative estimate of drug-likeness (QED) is 0.831. The van der Waals surface area contributed by atoms with E-state index in [2.05, 4.69) is 20.9 Å². The van der Waals surface area contributed by atoms with Crippen molar-refractivity contribution in [3.63, 3.8) is 0 Å². The normalized spacial score (nSPS) is 10.3. The minimum atomic E-state index is 0.0890. The van der Waals surface area contributed by atoms with E-state index < -0.39 is 0 Å². The van der Waals surface area contributed by atoms with Gasteiger partial charge in [-0.05, 0) is 35.8 Å². The highest BCUT2D eigenvalue weighted by Gasteiger charge is 2.15. The Balaban J connectivity index is 2.76. The van der Waals surface area contributed by atoms with Crippen molar-refractivity contribution in [2.75, 3.05) is 31.6 Å². The molecule has 0 fully saturated rings. The third kappa shape index (κ3) is 3.85. The highest BCUT2D eigenvalue weighted by Crippen LogP contribution is 2.25. The number of amides is 1. The Morgan fingerprint density at radius 2 is 2.06 bits per heavy atom. The van der Waals surface area contributed by atoms with Crippen LogP contribution in [-0.4, -0.2) is 42.5 Å². The summed E-state index contributed by atoms with van der Waals surface area (Å²) in [6, 6.07) is 1.77. The Bertz CT molecular complexity index is 424. The molecule has 1 rings (SSSR count). The van der Waals surface area contributed by atoms with Crippen LogP contribution < -0.4 is 4.90 Å². The minimum absolute atomic E-state index is 0.0890. The minimum Gasteiger partial charge on any atom is -0.349 e. The fourth-order valence-electron chi connectivity index (χ4n) is 1.64. The van der Waals surface area contributed by atoms with Gasteiger partial charge in [0.05, 0.1) is 16.0 Å². The van der Waals surface area contributed by atoms with E-state index in [1.807, 2.05) is 20.9 Å². The van der Waals surface area contributed by atoms with Gasteiger partial charge in [-0.2, -0.15) is 0 Å². The molecule has 18 heavy (non-hydrogen) atoms. The number of aromatic nitrogens is 1. The van der Waals surface area contributed by atoms with E-state index in [9.17, 15) is 4.79 Å². The first kappa shape index (κ1) is 15.2. The number of hydrogen-bond donors (Lipinski definition) is 0. The zero-order valence-corrected chi connectivity index (χ0v) is 13.1. The molecule has 0 bridgehead atoms. The van der Waals surface area contributed by atoms with Crippen molar-refractivity contribution >= 4 is 39.3 Å². The number of pyridine rings is 1. The molecule has 0 spiro atoms. The summed E-state index contributed by atoms with van der Waals surface area (Å²) in [6.07, 6.45) is 1.57. The third-order valence-corrected chi connectivity index (χ3v) is 3.43. The molecule has 0 radical (unpaired) electrons. The van der Waals surface area contributed by atoms with Crippen LogP contribution in [0.4, 0.5) is 5.82 Å². The lowest BCUT2D eigenvalue weighted by Crippen LogP contribution is -2.39. The molecular weight excluding hydrogens is 318 g/mol. The second-order valence-electron chi connectivity index (χ2n) is 3.88. The molecule has 6 heteroatoms. The Morgan fingerprint density at radius 3 is 2.56 bits per heavy atom. The van der Waals surface area contributed by atoms with Crippen molar-refractivity contribution in [3.05, 3.63) is 21.8 Å². The lowest BCUT2D eigenvalue weighted by atomic mass is 10.4. The molecule has 1 amide bonds. The Labute approximate surface area is 121 Å². The predicted octanol–water partition coefficient (Wildman–Crippen LogP) is 2.80. The number of carbonyl (C=O) groups excluding carboxylic acids is 1. The second-order valence-corrected chi connectivity index (χ2v) is 5.17. The molecule has 0 aliphatic rings. The van der Waals surface area contributed by atoms with Gasteiger partial charge in [-0.25, -0.2) is 4.98 Å². The van der Waals surface area contributed by atoms with E-state index >= 15 is 0 Å². The highest BCUT2D eigenvalue weighted by molar-refractivity contribution is 9.10. The first-order valence-corrected chi connectivity index (χ1v) is 6.96. The number of anilines is 1. The first-order valence-electron chi connectivity index (χ1n) is 5.79. The number of hydrogen-bond acceptors (Lipinski definition) is 3. The fraction of sp³-hybridized carbons (Fsp3) is 0.500. The van der Waals surface area contributed by atoms with Crippen LogP contribution in [0.5, 0.6) is 0 Å². The Kier molecular flexibility index (Phi) is 5.88. The summed E-state index contributed by atoms with van der Waals surface area (Å²) in [5, 5.41) is 0.564. The smallest absolute Gasteiger partial charge is 0.242 e. The average Bonchev–Trinajstić information content (AvgIpc) is 2.30. The van der Waals surface area contributed by atoms with Crippen LogP contribution >= 0.6 is 27.5 Å². The molecule has 4 nitrogen and oxygen atoms in total. The van der Waals surface area contributed by atoms with Crippen LogP contribution in [0.25, 0.3) is 0 Å². The van der Waals surface area contributed by atoms with Crippen LogP contribution in [0.2, 0.25) is 5.02 Å². The van der Waals surface area contributed by atoms with E-state index in [4.69, 9.17) is 11.6 Å². The molecule has 1 aromatic rings. The van der Waals surface area contributed by atoms with Crippen molar-refractivity contribution in [1.29, 1.82) is 0 Å². The van der Waals surface area contributed by atoms with Gasteiger partial charge in [-0.1, -0.05) is 11.6 Å². The molecule has 0 aromatic carbocycles. The lowest BCUT2D eigenvalue weighted by molar-refractivity contribution is -0.129. The van der Waals surface area contributed by atoms with Crippen LogP contribution in [0.15, 0.2) is 16.7 Å². The van der Waals surface area contributed by atoms with Crippen LogP contribution in [0.1, 0.15) is 13.8 Å². The summed E-state index contributed by atoms with van der Waals surface area (Å²) in [5.41, 5.74) is 0. The zero-order chi connectivity index (χ0) is 13.7. The van der Waals surface area contributed by atoms with Crippen molar-refractivity contribution in [3.8, 4) is 0 Å². The van der Waals surface area contributed by atoms with Crippen molar-refractivity contribution in [2.45, 2.75) is 13.8 Å². The lowest BCUT2D eigenvalue weighted by Gasteiger charge is -2.24. The molecule has 1 aromatic heterocycles. The van der Waals surface area contributed by atoms with E-state index in [0.29, 0.717) is 17.4 Å². The Hall–Kier alpha value is -0.810. The molecule has 0 aliphatic heterocycles. The largest absolute Gasteiger partial charge is 0.349 e. The monoisotopic (exact) mass is 333 g/mol. The van der Waals surface area contributed by atoms with Gasteiger partial charge in [0.15, 0.2) is 0 Å². The fourth-order valence-corrected chi connectivity index (χ4v) is 2.58. The first-order chi connectivity index (χ1) is 8.49. The Morgan fingerprint density at radius 1 is 1.44 bits per heavy atom. The summed E-state index contributed by atoms with van der Waals surface area (Å²) in [4.78, 5) is 19.8. The molecule has 1 heterocycles. The molecule has 0 saturated heterocycles. The van der Waals surface area contributed by atoms with Gasteiger partial charge in [-0.15, -0.1) is 0 Å². The van der Waals surface area contributed by atoms with E-state index in [-0.39, 0.29) is 5.91 Å². The molecule has 0 N–H and O–H groups in total. The maximum Gasteiger partial charge on any atom is 0.242 e. The molecule has 0 atom stereocenters. The topological polar surface area (TPSA) is 36.4 Å². The summed E-state index contributed by atoms with van der Waals surface area (Å²) in [5.74, 6) is 0.797. The average molecular weight is 335 g/mol. The van der Waals surface area contributed by atoms with Gasteiger partial charge in [0.25, 0.3) is 0 Å². The standard InChI is InChI=1S/C12H17BrClN3O/c1-4-17(5-2)11(18)8-16(3)12-10(13)6-9(14)7-15-12/h6-7H,4-5,8H2,1-3H3. The maximum absolute atomic E-state index is 12.0. The van der Waals surface area contributed by atoms with Gasteiger partial charge in [0, 0.05) is 26.3 Å². The van der Waals surface area contributed by atoms with Gasteiger partial charge in [0.2, 0.25) is 5.91 Å². The number of nitrogens with zero attached hydrogens (tertiary/aromatic N) is 3. The van der Waals surface area contributed by atoms with Crippen molar-refractivity contribution in [1.82, 2.24) is 9.88 Å². The second kappa shape index (κ2) is 6.95. The van der Waals surface area contributed by atoms with Crippen molar-refractivity contribution < 1.29 is 4.79 Å². The van der Waals surface area contributed by atoms with Crippen molar-refractivity contribution in [2.24, 2.45) is 0 Å². The van der Waals surface area contributed by atoms with E-state index in [0.717, 1.165) is 17.6 Å². The summed E-state index contributed by atoms with van der Waals surface area (Å²) < 4.78 is 0.782. The molecule has 0 unspecified atom stereocenters. The molecular formula is C12H17BrClN3O. The maximum atomic E-state index is 12.0. The summed E-state index contributed by atoms with van der Waals surface area (Å²) >= 11 is 9.23. The van der Waals surface area contributed by atoms with Gasteiger partial charge in [-0.3, -0.25) is 4.79 Å². The SMILES string of the molecule is CCN(CC)C(=O)CN(C)c1ncc(Cl)cc1Br. The zero-order valence-electron chi connectivity index (χ0n) is 10.8. The predicted molar refractivity (Wildman–Crippen MR) is 78.1 cm³/mol. The van der Waals surface area contributed by atoms with E-state index in [1.54, 1.807) is 22.1 Å².